The largest absolute Gasteiger partial charge is 0.486 e. The van der Waals surface area contributed by atoms with E-state index in [0.29, 0.717) is 16.6 Å². The highest BCUT2D eigenvalue weighted by Gasteiger charge is 2.16. The normalized spacial score (nSPS) is 12.0. The van der Waals surface area contributed by atoms with E-state index in [4.69, 9.17) is 16.3 Å². The van der Waals surface area contributed by atoms with Crippen molar-refractivity contribution in [2.45, 2.75) is 33.0 Å². The first-order chi connectivity index (χ1) is 15.0. The minimum Gasteiger partial charge on any atom is -0.486 e. The van der Waals surface area contributed by atoms with Gasteiger partial charge in [0, 0.05) is 5.02 Å². The quantitative estimate of drug-likeness (QED) is 0.421. The number of fused-ring (bicyclic) bond motifs is 1. The summed E-state index contributed by atoms with van der Waals surface area (Å²) in [4.78, 5) is 17.5. The maximum Gasteiger partial charge on any atom is 0.240 e. The lowest BCUT2D eigenvalue weighted by Gasteiger charge is -2.16. The van der Waals surface area contributed by atoms with Gasteiger partial charge < -0.3 is 14.6 Å². The molecule has 0 fully saturated rings. The van der Waals surface area contributed by atoms with Crippen LogP contribution >= 0.6 is 11.6 Å². The SMILES string of the molecule is Cc1cc(OCc2nc3ccccc3n2CC(=O)NC(C)c2ccccc2)ccc1Cl. The number of benzene rings is 3. The Morgan fingerprint density at radius 2 is 1.84 bits per heavy atom. The second kappa shape index (κ2) is 9.23. The number of hydrogen-bond donors (Lipinski definition) is 1. The highest BCUT2D eigenvalue weighted by atomic mass is 35.5. The van der Waals surface area contributed by atoms with Crippen LogP contribution in [0.5, 0.6) is 5.75 Å². The number of hydrogen-bond acceptors (Lipinski definition) is 3. The monoisotopic (exact) mass is 433 g/mol. The maximum absolute atomic E-state index is 12.8. The fourth-order valence-electron chi connectivity index (χ4n) is 3.52. The van der Waals surface area contributed by atoms with Gasteiger partial charge in [-0.25, -0.2) is 4.98 Å². The second-order valence-electron chi connectivity index (χ2n) is 7.50. The Bertz CT molecular complexity index is 1200. The molecule has 1 amide bonds. The lowest BCUT2D eigenvalue weighted by Crippen LogP contribution is -2.30. The molecular formula is C25H24ClN3O2. The molecule has 0 spiro atoms. The van der Waals surface area contributed by atoms with Crippen molar-refractivity contribution < 1.29 is 9.53 Å². The van der Waals surface area contributed by atoms with Crippen LogP contribution in [0.15, 0.2) is 72.8 Å². The number of aromatic nitrogens is 2. The Morgan fingerprint density at radius 3 is 2.61 bits per heavy atom. The molecule has 4 aromatic rings. The van der Waals surface area contributed by atoms with Crippen molar-refractivity contribution in [3.63, 3.8) is 0 Å². The minimum absolute atomic E-state index is 0.0805. The molecule has 0 aliphatic rings. The van der Waals surface area contributed by atoms with Gasteiger partial charge in [-0.3, -0.25) is 4.79 Å². The van der Waals surface area contributed by atoms with Gasteiger partial charge in [0.05, 0.1) is 17.1 Å². The number of halogens is 1. The minimum atomic E-state index is -0.0831. The second-order valence-corrected chi connectivity index (χ2v) is 7.91. The van der Waals surface area contributed by atoms with Crippen LogP contribution in [-0.2, 0) is 17.9 Å². The number of imidazole rings is 1. The first-order valence-corrected chi connectivity index (χ1v) is 10.6. The average molecular weight is 434 g/mol. The van der Waals surface area contributed by atoms with Gasteiger partial charge in [-0.05, 0) is 55.3 Å². The lowest BCUT2D eigenvalue weighted by molar-refractivity contribution is -0.122. The molecule has 0 aliphatic carbocycles. The number of nitrogens with zero attached hydrogens (tertiary/aromatic N) is 2. The maximum atomic E-state index is 12.8. The fraction of sp³-hybridized carbons (Fsp3) is 0.200. The lowest BCUT2D eigenvalue weighted by atomic mass is 10.1. The molecule has 1 atom stereocenters. The molecular weight excluding hydrogens is 410 g/mol. The number of carbonyl (C=O) groups excluding carboxylic acids is 1. The molecule has 1 N–H and O–H groups in total. The van der Waals surface area contributed by atoms with Crippen molar-refractivity contribution in [2.75, 3.05) is 0 Å². The fourth-order valence-corrected chi connectivity index (χ4v) is 3.64. The molecule has 1 heterocycles. The van der Waals surface area contributed by atoms with E-state index < -0.39 is 0 Å². The standard InChI is InChI=1S/C25H24ClN3O2/c1-17-14-20(12-13-21(17)26)31-16-24-28-22-10-6-7-11-23(22)29(24)15-25(30)27-18(2)19-8-4-3-5-9-19/h3-14,18H,15-16H2,1-2H3,(H,27,30). The van der Waals surface area contributed by atoms with Crippen molar-refractivity contribution in [1.29, 1.82) is 0 Å². The van der Waals surface area contributed by atoms with E-state index in [0.717, 1.165) is 22.2 Å². The van der Waals surface area contributed by atoms with Gasteiger partial charge in [-0.2, -0.15) is 0 Å². The van der Waals surface area contributed by atoms with Crippen molar-refractivity contribution >= 4 is 28.5 Å². The number of carbonyl (C=O) groups is 1. The number of ether oxygens (including phenoxy) is 1. The summed E-state index contributed by atoms with van der Waals surface area (Å²) in [5.74, 6) is 1.32. The van der Waals surface area contributed by atoms with Crippen LogP contribution < -0.4 is 10.1 Å². The van der Waals surface area contributed by atoms with Gasteiger partial charge in [0.2, 0.25) is 5.91 Å². The summed E-state index contributed by atoms with van der Waals surface area (Å²) in [6.07, 6.45) is 0. The van der Waals surface area contributed by atoms with E-state index >= 15 is 0 Å². The summed E-state index contributed by atoms with van der Waals surface area (Å²) in [5.41, 5.74) is 3.74. The van der Waals surface area contributed by atoms with E-state index in [-0.39, 0.29) is 25.1 Å². The molecule has 3 aromatic carbocycles. The molecule has 6 heteroatoms. The molecule has 4 rings (SSSR count). The topological polar surface area (TPSA) is 56.2 Å². The Hall–Kier alpha value is -3.31. The molecule has 1 aromatic heterocycles. The molecule has 158 valence electrons. The van der Waals surface area contributed by atoms with Gasteiger partial charge in [0.1, 0.15) is 24.7 Å². The van der Waals surface area contributed by atoms with Gasteiger partial charge in [-0.15, -0.1) is 0 Å². The Balaban J connectivity index is 1.53. The van der Waals surface area contributed by atoms with Crippen molar-refractivity contribution in [1.82, 2.24) is 14.9 Å². The third kappa shape index (κ3) is 4.89. The smallest absolute Gasteiger partial charge is 0.240 e. The molecule has 1 unspecified atom stereocenters. The van der Waals surface area contributed by atoms with Crippen LogP contribution in [0.3, 0.4) is 0 Å². The first-order valence-electron chi connectivity index (χ1n) is 10.2. The summed E-state index contributed by atoms with van der Waals surface area (Å²) in [6, 6.07) is 23.1. The molecule has 31 heavy (non-hydrogen) atoms. The number of nitrogens with one attached hydrogen (secondary N) is 1. The summed E-state index contributed by atoms with van der Waals surface area (Å²) < 4.78 is 7.86. The molecule has 0 bridgehead atoms. The van der Waals surface area contributed by atoms with Crippen molar-refractivity contribution in [3.8, 4) is 5.75 Å². The van der Waals surface area contributed by atoms with E-state index in [1.54, 1.807) is 0 Å². The molecule has 5 nitrogen and oxygen atoms in total. The van der Waals surface area contributed by atoms with Crippen LogP contribution in [0, 0.1) is 6.92 Å². The van der Waals surface area contributed by atoms with E-state index in [1.807, 2.05) is 91.2 Å². The van der Waals surface area contributed by atoms with Crippen LogP contribution in [0.4, 0.5) is 0 Å². The van der Waals surface area contributed by atoms with Gasteiger partial charge in [-0.1, -0.05) is 54.1 Å². The van der Waals surface area contributed by atoms with Gasteiger partial charge in [0.25, 0.3) is 0 Å². The number of amides is 1. The highest BCUT2D eigenvalue weighted by molar-refractivity contribution is 6.31. The Kier molecular flexibility index (Phi) is 6.23. The predicted molar refractivity (Wildman–Crippen MR) is 123 cm³/mol. The molecule has 0 saturated carbocycles. The van der Waals surface area contributed by atoms with Crippen LogP contribution in [0.1, 0.15) is 29.9 Å². The summed E-state index contributed by atoms with van der Waals surface area (Å²) in [7, 11) is 0. The van der Waals surface area contributed by atoms with E-state index in [9.17, 15) is 4.79 Å². The number of para-hydroxylation sites is 2. The number of aryl methyl sites for hydroxylation is 1. The van der Waals surface area contributed by atoms with Crippen LogP contribution in [0.25, 0.3) is 11.0 Å². The Labute approximate surface area is 186 Å². The van der Waals surface area contributed by atoms with E-state index in [2.05, 4.69) is 10.3 Å². The summed E-state index contributed by atoms with van der Waals surface area (Å²) in [5, 5.41) is 3.77. The zero-order valence-electron chi connectivity index (χ0n) is 17.5. The van der Waals surface area contributed by atoms with Crippen LogP contribution in [0.2, 0.25) is 5.02 Å². The van der Waals surface area contributed by atoms with Crippen LogP contribution in [-0.4, -0.2) is 15.5 Å². The highest BCUT2D eigenvalue weighted by Crippen LogP contribution is 2.23. The third-order valence-electron chi connectivity index (χ3n) is 5.21. The zero-order chi connectivity index (χ0) is 21.8. The van der Waals surface area contributed by atoms with Gasteiger partial charge >= 0.3 is 0 Å². The van der Waals surface area contributed by atoms with Gasteiger partial charge in [0.15, 0.2) is 0 Å². The molecule has 0 radical (unpaired) electrons. The molecule has 0 saturated heterocycles. The predicted octanol–water partition coefficient (Wildman–Crippen LogP) is 5.45. The number of rotatable bonds is 7. The average Bonchev–Trinajstić information content (AvgIpc) is 3.12. The van der Waals surface area contributed by atoms with E-state index in [1.165, 1.54) is 0 Å². The Morgan fingerprint density at radius 1 is 1.10 bits per heavy atom. The summed E-state index contributed by atoms with van der Waals surface area (Å²) >= 11 is 6.10. The summed E-state index contributed by atoms with van der Waals surface area (Å²) in [6.45, 7) is 4.32. The van der Waals surface area contributed by atoms with Crippen molar-refractivity contribution in [3.05, 3.63) is 94.8 Å². The molecule has 0 aliphatic heterocycles. The third-order valence-corrected chi connectivity index (χ3v) is 5.63. The first kappa shape index (κ1) is 20.9. The zero-order valence-corrected chi connectivity index (χ0v) is 18.3. The van der Waals surface area contributed by atoms with Crippen molar-refractivity contribution in [2.24, 2.45) is 0 Å².